The van der Waals surface area contributed by atoms with Crippen LogP contribution in [0.25, 0.3) is 0 Å². The van der Waals surface area contributed by atoms with Crippen LogP contribution < -0.4 is 16.0 Å². The van der Waals surface area contributed by atoms with Gasteiger partial charge in [0.2, 0.25) is 0 Å². The van der Waals surface area contributed by atoms with Gasteiger partial charge in [-0.3, -0.25) is 0 Å². The fraction of sp³-hybridized carbons (Fsp3) is 0.455. The second kappa shape index (κ2) is 3.88. The van der Waals surface area contributed by atoms with Gasteiger partial charge < -0.3 is 16.0 Å². The van der Waals surface area contributed by atoms with Crippen LogP contribution in [-0.4, -0.2) is 26.2 Å². The minimum atomic E-state index is 0.895. The molecule has 3 heteroatoms. The average molecular weight is 191 g/mol. The fourth-order valence-electron chi connectivity index (χ4n) is 1.87. The highest BCUT2D eigenvalue weighted by Crippen LogP contribution is 2.24. The summed E-state index contributed by atoms with van der Waals surface area (Å²) in [4.78, 5) is 2.34. The number of nitrogens with one attached hydrogen (secondary N) is 1. The van der Waals surface area contributed by atoms with E-state index in [1.807, 2.05) is 6.07 Å². The van der Waals surface area contributed by atoms with Gasteiger partial charge in [0.25, 0.3) is 0 Å². The number of nitrogens with two attached hydrogens (primary N) is 1. The minimum absolute atomic E-state index is 0.895. The summed E-state index contributed by atoms with van der Waals surface area (Å²) in [6, 6.07) is 6.28. The van der Waals surface area contributed by atoms with Gasteiger partial charge in [0.15, 0.2) is 0 Å². The molecule has 1 saturated heterocycles. The van der Waals surface area contributed by atoms with Gasteiger partial charge in [0.05, 0.1) is 11.4 Å². The van der Waals surface area contributed by atoms with Gasteiger partial charge in [-0.25, -0.2) is 0 Å². The summed E-state index contributed by atoms with van der Waals surface area (Å²) in [6.45, 7) is 6.26. The first kappa shape index (κ1) is 9.34. The van der Waals surface area contributed by atoms with Crippen LogP contribution in [0.3, 0.4) is 0 Å². The first-order valence-electron chi connectivity index (χ1n) is 5.09. The summed E-state index contributed by atoms with van der Waals surface area (Å²) in [7, 11) is 0. The quantitative estimate of drug-likeness (QED) is 0.650. The molecule has 0 aromatic heterocycles. The lowest BCUT2D eigenvalue weighted by molar-refractivity contribution is 0.589. The van der Waals surface area contributed by atoms with Crippen LogP contribution in [0.2, 0.25) is 0 Å². The normalized spacial score (nSPS) is 17.1. The van der Waals surface area contributed by atoms with Crippen molar-refractivity contribution in [2.24, 2.45) is 0 Å². The smallest absolute Gasteiger partial charge is 0.0601 e. The zero-order chi connectivity index (χ0) is 9.97. The minimum Gasteiger partial charge on any atom is -0.397 e. The number of piperazine rings is 1. The second-order valence-corrected chi connectivity index (χ2v) is 3.80. The molecular weight excluding hydrogens is 174 g/mol. The van der Waals surface area contributed by atoms with Crippen molar-refractivity contribution in [1.82, 2.24) is 5.32 Å². The maximum atomic E-state index is 5.99. The molecule has 2 rings (SSSR count). The predicted molar refractivity (Wildman–Crippen MR) is 60.7 cm³/mol. The highest BCUT2D eigenvalue weighted by atomic mass is 15.2. The van der Waals surface area contributed by atoms with E-state index in [2.05, 4.69) is 29.3 Å². The number of nitrogens with zero attached hydrogens (tertiary/aromatic N) is 1. The Labute approximate surface area is 84.9 Å². The third kappa shape index (κ3) is 1.82. The zero-order valence-electron chi connectivity index (χ0n) is 8.59. The Kier molecular flexibility index (Phi) is 2.59. The zero-order valence-corrected chi connectivity index (χ0v) is 8.59. The summed E-state index contributed by atoms with van der Waals surface area (Å²) < 4.78 is 0. The van der Waals surface area contributed by atoms with Crippen molar-refractivity contribution in [3.05, 3.63) is 23.8 Å². The number of anilines is 2. The van der Waals surface area contributed by atoms with Gasteiger partial charge in [-0.1, -0.05) is 6.07 Å². The lowest BCUT2D eigenvalue weighted by atomic mass is 10.1. The maximum Gasteiger partial charge on any atom is 0.0601 e. The monoisotopic (exact) mass is 191 g/mol. The Morgan fingerprint density at radius 1 is 1.29 bits per heavy atom. The molecule has 0 bridgehead atoms. The van der Waals surface area contributed by atoms with E-state index in [0.717, 1.165) is 31.9 Å². The molecule has 1 fully saturated rings. The molecule has 1 heterocycles. The van der Waals surface area contributed by atoms with Crippen molar-refractivity contribution < 1.29 is 0 Å². The molecule has 0 unspecified atom stereocenters. The number of rotatable bonds is 1. The van der Waals surface area contributed by atoms with E-state index in [4.69, 9.17) is 5.73 Å². The van der Waals surface area contributed by atoms with Gasteiger partial charge in [-0.15, -0.1) is 0 Å². The molecular formula is C11H17N3. The van der Waals surface area contributed by atoms with Gasteiger partial charge in [0, 0.05) is 26.2 Å². The molecule has 3 nitrogen and oxygen atoms in total. The van der Waals surface area contributed by atoms with Crippen LogP contribution in [0, 0.1) is 6.92 Å². The van der Waals surface area contributed by atoms with E-state index in [-0.39, 0.29) is 0 Å². The average Bonchev–Trinajstić information content (AvgIpc) is 2.19. The Hall–Kier alpha value is -1.22. The predicted octanol–water partition coefficient (Wildman–Crippen LogP) is 0.987. The first-order valence-corrected chi connectivity index (χ1v) is 5.09. The lowest BCUT2D eigenvalue weighted by Gasteiger charge is -2.30. The summed E-state index contributed by atoms with van der Waals surface area (Å²) in [5, 5.41) is 3.33. The fourth-order valence-corrected chi connectivity index (χ4v) is 1.87. The Morgan fingerprint density at radius 2 is 2.00 bits per heavy atom. The van der Waals surface area contributed by atoms with E-state index in [1.54, 1.807) is 0 Å². The standard InChI is InChI=1S/C11H17N3/c1-9-2-3-11(10(12)8-9)14-6-4-13-5-7-14/h2-3,8,13H,4-7,12H2,1H3. The van der Waals surface area contributed by atoms with Gasteiger partial charge >= 0.3 is 0 Å². The molecule has 3 N–H and O–H groups in total. The number of hydrogen-bond donors (Lipinski definition) is 2. The largest absolute Gasteiger partial charge is 0.397 e. The molecule has 0 radical (unpaired) electrons. The van der Waals surface area contributed by atoms with E-state index >= 15 is 0 Å². The van der Waals surface area contributed by atoms with Crippen molar-refractivity contribution in [3.63, 3.8) is 0 Å². The topological polar surface area (TPSA) is 41.3 Å². The molecule has 1 aliphatic heterocycles. The Morgan fingerprint density at radius 3 is 2.64 bits per heavy atom. The second-order valence-electron chi connectivity index (χ2n) is 3.80. The molecule has 1 aromatic rings. The van der Waals surface area contributed by atoms with Crippen molar-refractivity contribution in [1.29, 1.82) is 0 Å². The molecule has 1 aliphatic rings. The van der Waals surface area contributed by atoms with Crippen LogP contribution in [0.1, 0.15) is 5.56 Å². The highest BCUT2D eigenvalue weighted by molar-refractivity contribution is 5.68. The van der Waals surface area contributed by atoms with Crippen LogP contribution in [0.4, 0.5) is 11.4 Å². The summed E-state index contributed by atoms with van der Waals surface area (Å²) in [6.07, 6.45) is 0. The molecule has 0 atom stereocenters. The van der Waals surface area contributed by atoms with Crippen molar-refractivity contribution >= 4 is 11.4 Å². The van der Waals surface area contributed by atoms with Gasteiger partial charge in [-0.2, -0.15) is 0 Å². The van der Waals surface area contributed by atoms with E-state index < -0.39 is 0 Å². The van der Waals surface area contributed by atoms with Crippen molar-refractivity contribution in [2.75, 3.05) is 36.8 Å². The third-order valence-electron chi connectivity index (χ3n) is 2.64. The van der Waals surface area contributed by atoms with Crippen molar-refractivity contribution in [2.45, 2.75) is 6.92 Å². The molecule has 1 aromatic carbocycles. The molecule has 14 heavy (non-hydrogen) atoms. The van der Waals surface area contributed by atoms with Crippen molar-refractivity contribution in [3.8, 4) is 0 Å². The summed E-state index contributed by atoms with van der Waals surface area (Å²) >= 11 is 0. The van der Waals surface area contributed by atoms with Crippen LogP contribution in [0.5, 0.6) is 0 Å². The van der Waals surface area contributed by atoms with Gasteiger partial charge in [0.1, 0.15) is 0 Å². The molecule has 0 aliphatic carbocycles. The van der Waals surface area contributed by atoms with E-state index in [1.165, 1.54) is 11.3 Å². The molecule has 0 saturated carbocycles. The number of aryl methyl sites for hydroxylation is 1. The first-order chi connectivity index (χ1) is 6.77. The Balaban J connectivity index is 2.22. The number of hydrogen-bond acceptors (Lipinski definition) is 3. The molecule has 0 amide bonds. The lowest BCUT2D eigenvalue weighted by Crippen LogP contribution is -2.43. The highest BCUT2D eigenvalue weighted by Gasteiger charge is 2.12. The SMILES string of the molecule is Cc1ccc(N2CCNCC2)c(N)c1. The molecule has 0 spiro atoms. The number of benzene rings is 1. The van der Waals surface area contributed by atoms with E-state index in [0.29, 0.717) is 0 Å². The number of nitrogen functional groups attached to an aromatic ring is 1. The van der Waals surface area contributed by atoms with Crippen LogP contribution >= 0.6 is 0 Å². The summed E-state index contributed by atoms with van der Waals surface area (Å²) in [5.41, 5.74) is 9.29. The van der Waals surface area contributed by atoms with E-state index in [9.17, 15) is 0 Å². The van der Waals surface area contributed by atoms with Crippen LogP contribution in [-0.2, 0) is 0 Å². The Bertz CT molecular complexity index is 316. The summed E-state index contributed by atoms with van der Waals surface area (Å²) in [5.74, 6) is 0. The van der Waals surface area contributed by atoms with Gasteiger partial charge in [-0.05, 0) is 24.6 Å². The maximum absolute atomic E-state index is 5.99. The third-order valence-corrected chi connectivity index (χ3v) is 2.64. The van der Waals surface area contributed by atoms with Crippen LogP contribution in [0.15, 0.2) is 18.2 Å². The molecule has 76 valence electrons.